The fraction of sp³-hybridized carbons (Fsp3) is 0.643. The number of thiazole rings is 1. The van der Waals surface area contributed by atoms with E-state index in [0.717, 1.165) is 37.0 Å². The van der Waals surface area contributed by atoms with Crippen molar-refractivity contribution >= 4 is 23.2 Å². The van der Waals surface area contributed by atoms with Crippen molar-refractivity contribution in [3.63, 3.8) is 0 Å². The van der Waals surface area contributed by atoms with Gasteiger partial charge in [0.15, 0.2) is 10.7 Å². The van der Waals surface area contributed by atoms with Gasteiger partial charge in [0.25, 0.3) is 5.91 Å². The third kappa shape index (κ3) is 2.67. The highest BCUT2D eigenvalue weighted by Gasteiger charge is 2.44. The van der Waals surface area contributed by atoms with Gasteiger partial charge in [-0.3, -0.25) is 4.79 Å². The van der Waals surface area contributed by atoms with E-state index < -0.39 is 11.6 Å². The highest BCUT2D eigenvalue weighted by molar-refractivity contribution is 7.11. The molecule has 0 spiro atoms. The SMILES string of the molecule is O=C(O)c1csc(C(=O)N2CCC3(O)CCCCC3C2)n1. The lowest BCUT2D eigenvalue weighted by molar-refractivity contribution is -0.0886. The van der Waals surface area contributed by atoms with E-state index in [1.165, 1.54) is 5.38 Å². The molecule has 0 radical (unpaired) electrons. The van der Waals surface area contributed by atoms with Gasteiger partial charge in [0.05, 0.1) is 5.60 Å². The molecule has 21 heavy (non-hydrogen) atoms. The molecule has 1 saturated heterocycles. The van der Waals surface area contributed by atoms with E-state index in [1.54, 1.807) is 4.90 Å². The molecule has 1 saturated carbocycles. The van der Waals surface area contributed by atoms with Crippen molar-refractivity contribution in [2.24, 2.45) is 5.92 Å². The molecular weight excluding hydrogens is 292 g/mol. The van der Waals surface area contributed by atoms with Crippen molar-refractivity contribution in [1.82, 2.24) is 9.88 Å². The predicted octanol–water partition coefficient (Wildman–Crippen LogP) is 1.61. The van der Waals surface area contributed by atoms with Gasteiger partial charge in [0.2, 0.25) is 0 Å². The maximum absolute atomic E-state index is 12.4. The number of carboxylic acid groups (broad SMARTS) is 1. The Kier molecular flexibility index (Phi) is 3.71. The summed E-state index contributed by atoms with van der Waals surface area (Å²) in [5.41, 5.74) is -0.709. The maximum atomic E-state index is 12.4. The molecule has 1 aromatic rings. The third-order valence-corrected chi connectivity index (χ3v) is 5.45. The largest absolute Gasteiger partial charge is 0.476 e. The molecule has 114 valence electrons. The molecule has 0 bridgehead atoms. The highest BCUT2D eigenvalue weighted by Crippen LogP contribution is 2.40. The van der Waals surface area contributed by atoms with E-state index in [0.29, 0.717) is 19.5 Å². The lowest BCUT2D eigenvalue weighted by Gasteiger charge is -2.47. The molecule has 3 rings (SSSR count). The van der Waals surface area contributed by atoms with Crippen LogP contribution in [0.4, 0.5) is 0 Å². The Morgan fingerprint density at radius 2 is 2.19 bits per heavy atom. The monoisotopic (exact) mass is 310 g/mol. The Bertz CT molecular complexity index is 573. The number of carbonyl (C=O) groups excluding carboxylic acids is 1. The summed E-state index contributed by atoms with van der Waals surface area (Å²) >= 11 is 1.06. The number of likely N-dealkylation sites (tertiary alicyclic amines) is 1. The Hall–Kier alpha value is -1.47. The summed E-state index contributed by atoms with van der Waals surface area (Å²) in [6.45, 7) is 1.05. The van der Waals surface area contributed by atoms with Gasteiger partial charge < -0.3 is 15.1 Å². The van der Waals surface area contributed by atoms with Crippen LogP contribution in [0.5, 0.6) is 0 Å². The van der Waals surface area contributed by atoms with Gasteiger partial charge in [-0.25, -0.2) is 9.78 Å². The van der Waals surface area contributed by atoms with E-state index in [1.807, 2.05) is 0 Å². The molecule has 1 aromatic heterocycles. The highest BCUT2D eigenvalue weighted by atomic mass is 32.1. The van der Waals surface area contributed by atoms with Crippen LogP contribution in [0.25, 0.3) is 0 Å². The van der Waals surface area contributed by atoms with Gasteiger partial charge in [0.1, 0.15) is 0 Å². The summed E-state index contributed by atoms with van der Waals surface area (Å²) in [6, 6.07) is 0. The van der Waals surface area contributed by atoms with Crippen LogP contribution in [0, 0.1) is 5.92 Å². The first kappa shape index (κ1) is 14.5. The summed E-state index contributed by atoms with van der Waals surface area (Å²) < 4.78 is 0. The number of aromatic carboxylic acids is 1. The summed E-state index contributed by atoms with van der Waals surface area (Å²) in [5.74, 6) is -1.21. The minimum Gasteiger partial charge on any atom is -0.476 e. The van der Waals surface area contributed by atoms with E-state index in [9.17, 15) is 14.7 Å². The fourth-order valence-corrected chi connectivity index (χ4v) is 4.12. The van der Waals surface area contributed by atoms with Gasteiger partial charge in [-0.05, 0) is 19.3 Å². The van der Waals surface area contributed by atoms with Gasteiger partial charge in [-0.2, -0.15) is 0 Å². The van der Waals surface area contributed by atoms with Crippen molar-refractivity contribution in [2.75, 3.05) is 13.1 Å². The molecule has 1 aliphatic heterocycles. The summed E-state index contributed by atoms with van der Waals surface area (Å²) in [6.07, 6.45) is 4.50. The van der Waals surface area contributed by atoms with Crippen LogP contribution >= 0.6 is 11.3 Å². The Morgan fingerprint density at radius 1 is 1.38 bits per heavy atom. The van der Waals surface area contributed by atoms with E-state index in [-0.39, 0.29) is 22.5 Å². The van der Waals surface area contributed by atoms with Gasteiger partial charge >= 0.3 is 5.97 Å². The van der Waals surface area contributed by atoms with Gasteiger partial charge in [-0.15, -0.1) is 11.3 Å². The molecule has 2 N–H and O–H groups in total. The van der Waals surface area contributed by atoms with Crippen molar-refractivity contribution in [3.05, 3.63) is 16.1 Å². The average Bonchev–Trinajstić information content (AvgIpc) is 2.95. The van der Waals surface area contributed by atoms with Crippen LogP contribution in [0.2, 0.25) is 0 Å². The number of piperidine rings is 1. The van der Waals surface area contributed by atoms with Crippen molar-refractivity contribution in [3.8, 4) is 0 Å². The second kappa shape index (κ2) is 5.38. The van der Waals surface area contributed by atoms with Crippen LogP contribution in [-0.2, 0) is 0 Å². The van der Waals surface area contributed by atoms with Crippen molar-refractivity contribution in [1.29, 1.82) is 0 Å². The normalized spacial score (nSPS) is 29.0. The molecule has 2 heterocycles. The number of carboxylic acids is 1. The maximum Gasteiger partial charge on any atom is 0.355 e. The molecule has 2 fully saturated rings. The van der Waals surface area contributed by atoms with Gasteiger partial charge in [-0.1, -0.05) is 12.8 Å². The zero-order chi connectivity index (χ0) is 15.0. The van der Waals surface area contributed by atoms with Crippen LogP contribution < -0.4 is 0 Å². The number of amides is 1. The number of aromatic nitrogens is 1. The van der Waals surface area contributed by atoms with Crippen LogP contribution in [0.15, 0.2) is 5.38 Å². The fourth-order valence-electron chi connectivity index (χ4n) is 3.36. The number of aliphatic hydroxyl groups is 1. The Morgan fingerprint density at radius 3 is 2.90 bits per heavy atom. The molecule has 2 unspecified atom stereocenters. The zero-order valence-corrected chi connectivity index (χ0v) is 12.4. The topological polar surface area (TPSA) is 90.7 Å². The number of carbonyl (C=O) groups is 2. The first-order valence-electron chi connectivity index (χ1n) is 7.20. The minimum atomic E-state index is -1.12. The molecular formula is C14H18N2O4S. The van der Waals surface area contributed by atoms with Crippen molar-refractivity contribution in [2.45, 2.75) is 37.7 Å². The Labute approximate surface area is 126 Å². The number of rotatable bonds is 2. The number of fused-ring (bicyclic) bond motifs is 1. The summed E-state index contributed by atoms with van der Waals surface area (Å²) in [5, 5.41) is 21.1. The lowest BCUT2D eigenvalue weighted by Crippen LogP contribution is -2.54. The van der Waals surface area contributed by atoms with E-state index in [2.05, 4.69) is 4.98 Å². The Balaban J connectivity index is 1.72. The third-order valence-electron chi connectivity index (χ3n) is 4.62. The predicted molar refractivity (Wildman–Crippen MR) is 76.5 cm³/mol. The van der Waals surface area contributed by atoms with E-state index in [4.69, 9.17) is 5.11 Å². The quantitative estimate of drug-likeness (QED) is 0.866. The van der Waals surface area contributed by atoms with Crippen LogP contribution in [0.1, 0.15) is 52.4 Å². The number of hydrogen-bond donors (Lipinski definition) is 2. The molecule has 0 aromatic carbocycles. The lowest BCUT2D eigenvalue weighted by atomic mass is 9.71. The van der Waals surface area contributed by atoms with Crippen LogP contribution in [0.3, 0.4) is 0 Å². The first-order valence-corrected chi connectivity index (χ1v) is 8.08. The summed E-state index contributed by atoms with van der Waals surface area (Å²) in [4.78, 5) is 28.8. The number of hydrogen-bond acceptors (Lipinski definition) is 5. The van der Waals surface area contributed by atoms with Crippen molar-refractivity contribution < 1.29 is 19.8 Å². The average molecular weight is 310 g/mol. The second-order valence-corrected chi connectivity index (χ2v) is 6.75. The molecule has 1 amide bonds. The minimum absolute atomic E-state index is 0.0884. The standard InChI is InChI=1S/C14H18N2O4S/c17-12(11-15-10(8-21-11)13(18)19)16-6-5-14(20)4-2-1-3-9(14)7-16/h8-9,20H,1-7H2,(H,18,19). The van der Waals surface area contributed by atoms with Crippen LogP contribution in [-0.4, -0.2) is 50.7 Å². The van der Waals surface area contributed by atoms with Gasteiger partial charge in [0, 0.05) is 24.4 Å². The zero-order valence-electron chi connectivity index (χ0n) is 11.6. The van der Waals surface area contributed by atoms with E-state index >= 15 is 0 Å². The molecule has 7 heteroatoms. The second-order valence-electron chi connectivity index (χ2n) is 5.89. The summed E-state index contributed by atoms with van der Waals surface area (Å²) in [7, 11) is 0. The molecule has 1 aliphatic carbocycles. The smallest absolute Gasteiger partial charge is 0.355 e. The first-order chi connectivity index (χ1) is 9.99. The number of nitrogens with zero attached hydrogens (tertiary/aromatic N) is 2. The molecule has 6 nitrogen and oxygen atoms in total. The molecule has 2 atom stereocenters. The molecule has 2 aliphatic rings.